The molecule has 88 valence electrons. The largest absolute Gasteiger partial charge is 0.391 e. The number of amides is 2. The highest BCUT2D eigenvalue weighted by Crippen LogP contribution is 1.90. The van der Waals surface area contributed by atoms with E-state index >= 15 is 0 Å². The Morgan fingerprint density at radius 2 is 2.13 bits per heavy atom. The van der Waals surface area contributed by atoms with E-state index in [9.17, 15) is 4.79 Å². The van der Waals surface area contributed by atoms with Gasteiger partial charge < -0.3 is 20.2 Å². The minimum Gasteiger partial charge on any atom is -0.391 e. The van der Waals surface area contributed by atoms with E-state index in [0.29, 0.717) is 0 Å². The molecule has 1 saturated heterocycles. The van der Waals surface area contributed by atoms with Gasteiger partial charge in [-0.1, -0.05) is 6.92 Å². The molecule has 0 saturated carbocycles. The number of carbonyl (C=O) groups is 1. The first kappa shape index (κ1) is 12.3. The molecule has 15 heavy (non-hydrogen) atoms. The van der Waals surface area contributed by atoms with Crippen molar-refractivity contribution in [1.82, 2.24) is 10.2 Å². The molecule has 0 spiro atoms. The minimum atomic E-state index is 0.0555. The fourth-order valence-corrected chi connectivity index (χ4v) is 1.78. The Morgan fingerprint density at radius 1 is 1.47 bits per heavy atom. The Bertz CT molecular complexity index is 191. The average molecular weight is 216 g/mol. The summed E-state index contributed by atoms with van der Waals surface area (Å²) < 4.78 is 0. The van der Waals surface area contributed by atoms with E-state index in [4.69, 9.17) is 5.11 Å². The van der Waals surface area contributed by atoms with E-state index in [1.165, 1.54) is 4.90 Å². The van der Waals surface area contributed by atoms with Gasteiger partial charge in [0.05, 0.1) is 32.8 Å². The van der Waals surface area contributed by atoms with Crippen LogP contribution >= 0.6 is 0 Å². The second-order valence-electron chi connectivity index (χ2n) is 3.94. The highest BCUT2D eigenvalue weighted by molar-refractivity contribution is 5.74. The number of nitrogens with zero attached hydrogens (tertiary/aromatic N) is 1. The van der Waals surface area contributed by atoms with Crippen LogP contribution in [-0.2, 0) is 0 Å². The van der Waals surface area contributed by atoms with Crippen LogP contribution in [0.4, 0.5) is 4.79 Å². The van der Waals surface area contributed by atoms with Crippen molar-refractivity contribution in [3.63, 3.8) is 0 Å². The summed E-state index contributed by atoms with van der Waals surface area (Å²) in [5, 5.41) is 11.7. The van der Waals surface area contributed by atoms with Gasteiger partial charge in [-0.15, -0.1) is 0 Å². The second kappa shape index (κ2) is 6.63. The lowest BCUT2D eigenvalue weighted by atomic mass is 10.3. The minimum absolute atomic E-state index is 0.0555. The van der Waals surface area contributed by atoms with E-state index in [1.54, 1.807) is 0 Å². The Kier molecular flexibility index (Phi) is 5.42. The first-order valence-corrected chi connectivity index (χ1v) is 5.75. The highest BCUT2D eigenvalue weighted by atomic mass is 16.3. The normalized spacial score (nSPS) is 17.9. The van der Waals surface area contributed by atoms with Gasteiger partial charge in [0.2, 0.25) is 0 Å². The molecule has 1 aliphatic rings. The van der Waals surface area contributed by atoms with Crippen molar-refractivity contribution in [1.29, 1.82) is 0 Å². The third kappa shape index (κ3) is 4.05. The molecule has 0 unspecified atom stereocenters. The molecule has 0 radical (unpaired) electrons. The summed E-state index contributed by atoms with van der Waals surface area (Å²) in [6.07, 6.45) is 0.974. The van der Waals surface area contributed by atoms with Gasteiger partial charge in [0.15, 0.2) is 0 Å². The van der Waals surface area contributed by atoms with Crippen LogP contribution in [0.2, 0.25) is 0 Å². The van der Waals surface area contributed by atoms with Crippen molar-refractivity contribution in [3.8, 4) is 0 Å². The van der Waals surface area contributed by atoms with E-state index in [0.717, 1.165) is 45.7 Å². The standard InChI is InChI=1S/C10H21N3O2/c1-2-3-11-10(15)13-6-4-12(5-7-13)8-9-14/h14H,2-9H2,1H3,(H,11,15)/p+1. The maximum atomic E-state index is 11.6. The number of carbonyl (C=O) groups excluding carboxylic acids is 1. The van der Waals surface area contributed by atoms with E-state index in [1.807, 2.05) is 11.8 Å². The monoisotopic (exact) mass is 216 g/mol. The molecule has 0 atom stereocenters. The molecule has 1 aliphatic heterocycles. The Hall–Kier alpha value is -0.810. The van der Waals surface area contributed by atoms with Gasteiger partial charge in [-0.3, -0.25) is 0 Å². The molecule has 3 N–H and O–H groups in total. The second-order valence-corrected chi connectivity index (χ2v) is 3.94. The van der Waals surface area contributed by atoms with E-state index < -0.39 is 0 Å². The van der Waals surface area contributed by atoms with Crippen molar-refractivity contribution in [3.05, 3.63) is 0 Å². The topological polar surface area (TPSA) is 57.0 Å². The number of quaternary nitrogens is 1. The predicted molar refractivity (Wildman–Crippen MR) is 57.9 cm³/mol. The van der Waals surface area contributed by atoms with Gasteiger partial charge in [-0.05, 0) is 6.42 Å². The summed E-state index contributed by atoms with van der Waals surface area (Å²) in [6.45, 7) is 7.31. The molecule has 1 heterocycles. The maximum Gasteiger partial charge on any atom is 0.317 e. The zero-order valence-electron chi connectivity index (χ0n) is 9.46. The number of rotatable bonds is 4. The molecule has 0 aromatic rings. The number of hydrogen-bond acceptors (Lipinski definition) is 2. The first-order chi connectivity index (χ1) is 7.27. The van der Waals surface area contributed by atoms with Gasteiger partial charge >= 0.3 is 6.03 Å². The van der Waals surface area contributed by atoms with Crippen LogP contribution in [0.5, 0.6) is 0 Å². The van der Waals surface area contributed by atoms with Crippen LogP contribution in [0.1, 0.15) is 13.3 Å². The fourth-order valence-electron chi connectivity index (χ4n) is 1.78. The lowest BCUT2D eigenvalue weighted by Gasteiger charge is -2.31. The predicted octanol–water partition coefficient (Wildman–Crippen LogP) is -1.70. The van der Waals surface area contributed by atoms with Crippen molar-refractivity contribution in [2.75, 3.05) is 45.9 Å². The molecule has 5 nitrogen and oxygen atoms in total. The fraction of sp³-hybridized carbons (Fsp3) is 0.900. The lowest BCUT2D eigenvalue weighted by Crippen LogP contribution is -3.15. The molecular formula is C10H22N3O2+. The summed E-state index contributed by atoms with van der Waals surface area (Å²) in [5.41, 5.74) is 0. The molecule has 5 heteroatoms. The number of hydrogen-bond donors (Lipinski definition) is 3. The number of piperazine rings is 1. The number of nitrogens with one attached hydrogen (secondary N) is 2. The zero-order chi connectivity index (χ0) is 11.1. The van der Waals surface area contributed by atoms with Crippen LogP contribution in [0, 0.1) is 0 Å². The van der Waals surface area contributed by atoms with Crippen LogP contribution in [-0.4, -0.2) is 61.9 Å². The summed E-state index contributed by atoms with van der Waals surface area (Å²) in [7, 11) is 0. The molecular weight excluding hydrogens is 194 g/mol. The summed E-state index contributed by atoms with van der Waals surface area (Å²) in [6, 6.07) is 0.0555. The van der Waals surface area contributed by atoms with Crippen LogP contribution in [0.15, 0.2) is 0 Å². The van der Waals surface area contributed by atoms with Crippen molar-refractivity contribution < 1.29 is 14.8 Å². The summed E-state index contributed by atoms with van der Waals surface area (Å²) in [4.78, 5) is 14.8. The van der Waals surface area contributed by atoms with Crippen LogP contribution < -0.4 is 10.2 Å². The van der Waals surface area contributed by atoms with Gasteiger partial charge in [-0.25, -0.2) is 4.79 Å². The maximum absolute atomic E-state index is 11.6. The smallest absolute Gasteiger partial charge is 0.317 e. The lowest BCUT2D eigenvalue weighted by molar-refractivity contribution is -0.904. The average Bonchev–Trinajstić information content (AvgIpc) is 2.27. The third-order valence-electron chi connectivity index (χ3n) is 2.75. The molecule has 0 aliphatic carbocycles. The van der Waals surface area contributed by atoms with Gasteiger partial charge in [0.1, 0.15) is 6.54 Å². The Balaban J connectivity index is 2.21. The third-order valence-corrected chi connectivity index (χ3v) is 2.75. The summed E-state index contributed by atoms with van der Waals surface area (Å²) in [5.74, 6) is 0. The van der Waals surface area contributed by atoms with Crippen molar-refractivity contribution in [2.45, 2.75) is 13.3 Å². The van der Waals surface area contributed by atoms with E-state index in [-0.39, 0.29) is 12.6 Å². The molecule has 0 aromatic carbocycles. The van der Waals surface area contributed by atoms with Crippen molar-refractivity contribution >= 4 is 6.03 Å². The molecule has 1 fully saturated rings. The molecule has 0 aromatic heterocycles. The van der Waals surface area contributed by atoms with Gasteiger partial charge in [0.25, 0.3) is 0 Å². The SMILES string of the molecule is CCCNC(=O)N1CC[NH+](CCO)CC1. The number of urea groups is 1. The van der Waals surface area contributed by atoms with Crippen molar-refractivity contribution in [2.24, 2.45) is 0 Å². The quantitative estimate of drug-likeness (QED) is 0.524. The first-order valence-electron chi connectivity index (χ1n) is 5.75. The summed E-state index contributed by atoms with van der Waals surface area (Å²) >= 11 is 0. The van der Waals surface area contributed by atoms with E-state index in [2.05, 4.69) is 5.32 Å². The molecule has 0 bridgehead atoms. The Morgan fingerprint density at radius 3 is 2.67 bits per heavy atom. The Labute approximate surface area is 91.0 Å². The molecule has 1 rings (SSSR count). The van der Waals surface area contributed by atoms with Crippen LogP contribution in [0.3, 0.4) is 0 Å². The van der Waals surface area contributed by atoms with Gasteiger partial charge in [-0.2, -0.15) is 0 Å². The molecule has 2 amide bonds. The van der Waals surface area contributed by atoms with Crippen LogP contribution in [0.25, 0.3) is 0 Å². The van der Waals surface area contributed by atoms with Gasteiger partial charge in [0, 0.05) is 6.54 Å². The number of aliphatic hydroxyl groups excluding tert-OH is 1. The number of aliphatic hydroxyl groups is 1. The highest BCUT2D eigenvalue weighted by Gasteiger charge is 2.22. The zero-order valence-corrected chi connectivity index (χ0v) is 9.46.